The first kappa shape index (κ1) is 16.3. The van der Waals surface area contributed by atoms with Crippen LogP contribution < -0.4 is 0 Å². The average molecular weight is 318 g/mol. The number of piperazine rings is 1. The van der Waals surface area contributed by atoms with Crippen LogP contribution in [0, 0.1) is 0 Å². The Morgan fingerprint density at radius 1 is 1.22 bits per heavy atom. The minimum atomic E-state index is -0.211. The number of ether oxygens (including phenoxy) is 1. The summed E-state index contributed by atoms with van der Waals surface area (Å²) in [6.45, 7) is 7.11. The summed E-state index contributed by atoms with van der Waals surface area (Å²) < 4.78 is 5.43. The third kappa shape index (κ3) is 3.85. The van der Waals surface area contributed by atoms with E-state index in [0.717, 1.165) is 57.8 Å². The summed E-state index contributed by atoms with van der Waals surface area (Å²) in [5.41, 5.74) is 0.877. The summed E-state index contributed by atoms with van der Waals surface area (Å²) >= 11 is 0. The minimum absolute atomic E-state index is 0.155. The average Bonchev–Trinajstić information content (AvgIpc) is 2.61. The second kappa shape index (κ2) is 7.32. The molecule has 0 aliphatic carbocycles. The zero-order chi connectivity index (χ0) is 16.2. The largest absolute Gasteiger partial charge is 0.508 e. The van der Waals surface area contributed by atoms with Crippen molar-refractivity contribution in [2.75, 3.05) is 39.4 Å². The molecular weight excluding hydrogens is 292 g/mol. The fraction of sp³-hybridized carbons (Fsp3) is 0.611. The summed E-state index contributed by atoms with van der Waals surface area (Å²) in [6, 6.07) is 7.62. The Bertz CT molecular complexity index is 535. The molecule has 2 aliphatic heterocycles. The van der Waals surface area contributed by atoms with Crippen LogP contribution in [0.3, 0.4) is 0 Å². The highest BCUT2D eigenvalue weighted by atomic mass is 16.5. The fourth-order valence-electron chi connectivity index (χ4n) is 3.57. The molecule has 0 bridgehead atoms. The van der Waals surface area contributed by atoms with Gasteiger partial charge in [0.05, 0.1) is 5.92 Å². The molecule has 2 saturated heterocycles. The second-order valence-corrected chi connectivity index (χ2v) is 6.52. The molecule has 0 saturated carbocycles. The van der Waals surface area contributed by atoms with Crippen molar-refractivity contribution in [3.05, 3.63) is 29.8 Å². The van der Waals surface area contributed by atoms with E-state index >= 15 is 0 Å². The lowest BCUT2D eigenvalue weighted by atomic mass is 9.99. The third-order valence-corrected chi connectivity index (χ3v) is 5.07. The molecule has 2 aliphatic rings. The van der Waals surface area contributed by atoms with Crippen LogP contribution in [0.2, 0.25) is 0 Å². The zero-order valence-corrected chi connectivity index (χ0v) is 13.8. The van der Waals surface area contributed by atoms with Crippen LogP contribution in [-0.2, 0) is 9.53 Å². The molecule has 2 fully saturated rings. The Balaban J connectivity index is 1.55. The number of nitrogens with zero attached hydrogens (tertiary/aromatic N) is 2. The van der Waals surface area contributed by atoms with Crippen molar-refractivity contribution in [3.8, 4) is 5.75 Å². The van der Waals surface area contributed by atoms with E-state index in [-0.39, 0.29) is 17.6 Å². The normalized spacial score (nSPS) is 22.0. The van der Waals surface area contributed by atoms with E-state index in [1.165, 1.54) is 0 Å². The summed E-state index contributed by atoms with van der Waals surface area (Å²) in [4.78, 5) is 17.2. The first-order chi connectivity index (χ1) is 11.1. The molecule has 126 valence electrons. The quantitative estimate of drug-likeness (QED) is 0.924. The maximum absolute atomic E-state index is 12.7. The van der Waals surface area contributed by atoms with Crippen molar-refractivity contribution < 1.29 is 14.6 Å². The van der Waals surface area contributed by atoms with Crippen molar-refractivity contribution in [1.29, 1.82) is 0 Å². The first-order valence-corrected chi connectivity index (χ1v) is 8.54. The Morgan fingerprint density at radius 3 is 2.57 bits per heavy atom. The summed E-state index contributed by atoms with van der Waals surface area (Å²) in [7, 11) is 0. The predicted molar refractivity (Wildman–Crippen MR) is 88.5 cm³/mol. The molecule has 0 spiro atoms. The van der Waals surface area contributed by atoms with Crippen LogP contribution in [0.4, 0.5) is 0 Å². The van der Waals surface area contributed by atoms with Crippen molar-refractivity contribution >= 4 is 5.91 Å². The molecule has 5 nitrogen and oxygen atoms in total. The third-order valence-electron chi connectivity index (χ3n) is 5.07. The van der Waals surface area contributed by atoms with E-state index in [1.807, 2.05) is 17.9 Å². The molecule has 1 aromatic rings. The van der Waals surface area contributed by atoms with E-state index in [4.69, 9.17) is 4.74 Å². The van der Waals surface area contributed by atoms with Gasteiger partial charge in [0.1, 0.15) is 5.75 Å². The smallest absolute Gasteiger partial charge is 0.229 e. The molecule has 1 N–H and O–H groups in total. The summed E-state index contributed by atoms with van der Waals surface area (Å²) in [5, 5.41) is 9.59. The van der Waals surface area contributed by atoms with Gasteiger partial charge in [0.2, 0.25) is 5.91 Å². The molecular formula is C18H26N2O3. The molecule has 1 aromatic carbocycles. The lowest BCUT2D eigenvalue weighted by molar-refractivity contribution is -0.134. The number of benzene rings is 1. The number of rotatable bonds is 3. The Hall–Kier alpha value is -1.59. The molecule has 3 rings (SSSR count). The van der Waals surface area contributed by atoms with E-state index in [9.17, 15) is 9.90 Å². The molecule has 1 unspecified atom stereocenters. The van der Waals surface area contributed by atoms with E-state index in [0.29, 0.717) is 6.04 Å². The van der Waals surface area contributed by atoms with Crippen LogP contribution in [-0.4, -0.2) is 66.2 Å². The van der Waals surface area contributed by atoms with Crippen LogP contribution in [0.15, 0.2) is 24.3 Å². The van der Waals surface area contributed by atoms with Gasteiger partial charge >= 0.3 is 0 Å². The molecule has 0 radical (unpaired) electrons. The number of hydrogen-bond acceptors (Lipinski definition) is 4. The SMILES string of the molecule is CC(C(=O)N1CCN(C2CCOCC2)CC1)c1cccc(O)c1. The molecule has 5 heteroatoms. The van der Waals surface area contributed by atoms with Crippen LogP contribution in [0.25, 0.3) is 0 Å². The molecule has 23 heavy (non-hydrogen) atoms. The topological polar surface area (TPSA) is 53.0 Å². The van der Waals surface area contributed by atoms with Gasteiger partial charge in [-0.3, -0.25) is 9.69 Å². The van der Waals surface area contributed by atoms with Crippen molar-refractivity contribution in [2.45, 2.75) is 31.7 Å². The Kier molecular flexibility index (Phi) is 5.18. The number of amides is 1. The number of carbonyl (C=O) groups is 1. The predicted octanol–water partition coefficient (Wildman–Crippen LogP) is 1.82. The molecule has 0 aromatic heterocycles. The second-order valence-electron chi connectivity index (χ2n) is 6.52. The Labute approximate surface area is 137 Å². The zero-order valence-electron chi connectivity index (χ0n) is 13.8. The lowest BCUT2D eigenvalue weighted by Gasteiger charge is -2.41. The fourth-order valence-corrected chi connectivity index (χ4v) is 3.57. The number of carbonyl (C=O) groups excluding carboxylic acids is 1. The standard InChI is InChI=1S/C18H26N2O3/c1-14(15-3-2-4-17(21)13-15)18(22)20-9-7-19(8-10-20)16-5-11-23-12-6-16/h2-4,13-14,16,21H,5-12H2,1H3. The van der Waals surface area contributed by atoms with E-state index in [1.54, 1.807) is 18.2 Å². The number of phenolic OH excluding ortho intramolecular Hbond substituents is 1. The summed E-state index contributed by atoms with van der Waals surface area (Å²) in [6.07, 6.45) is 2.21. The lowest BCUT2D eigenvalue weighted by Crippen LogP contribution is -2.53. The minimum Gasteiger partial charge on any atom is -0.508 e. The van der Waals surface area contributed by atoms with Gasteiger partial charge in [-0.05, 0) is 37.5 Å². The monoisotopic (exact) mass is 318 g/mol. The van der Waals surface area contributed by atoms with Gasteiger partial charge in [-0.25, -0.2) is 0 Å². The summed E-state index contributed by atoms with van der Waals surface area (Å²) in [5.74, 6) is 0.158. The van der Waals surface area contributed by atoms with E-state index < -0.39 is 0 Å². The first-order valence-electron chi connectivity index (χ1n) is 8.54. The van der Waals surface area contributed by atoms with Gasteiger partial charge in [-0.15, -0.1) is 0 Å². The van der Waals surface area contributed by atoms with Crippen molar-refractivity contribution in [3.63, 3.8) is 0 Å². The van der Waals surface area contributed by atoms with Gasteiger partial charge in [-0.2, -0.15) is 0 Å². The number of aromatic hydroxyl groups is 1. The highest BCUT2D eigenvalue weighted by Crippen LogP contribution is 2.23. The highest BCUT2D eigenvalue weighted by Gasteiger charge is 2.29. The molecule has 1 amide bonds. The van der Waals surface area contributed by atoms with Crippen LogP contribution in [0.5, 0.6) is 5.75 Å². The van der Waals surface area contributed by atoms with Gasteiger partial charge in [-0.1, -0.05) is 12.1 Å². The van der Waals surface area contributed by atoms with E-state index in [2.05, 4.69) is 4.90 Å². The maximum atomic E-state index is 12.7. The molecule has 2 heterocycles. The maximum Gasteiger partial charge on any atom is 0.229 e. The van der Waals surface area contributed by atoms with Gasteiger partial charge in [0.25, 0.3) is 0 Å². The van der Waals surface area contributed by atoms with Gasteiger partial charge < -0.3 is 14.7 Å². The highest BCUT2D eigenvalue weighted by molar-refractivity contribution is 5.83. The number of phenols is 1. The van der Waals surface area contributed by atoms with Crippen LogP contribution >= 0.6 is 0 Å². The van der Waals surface area contributed by atoms with Crippen LogP contribution in [0.1, 0.15) is 31.2 Å². The van der Waals surface area contributed by atoms with Crippen molar-refractivity contribution in [2.24, 2.45) is 0 Å². The van der Waals surface area contributed by atoms with Gasteiger partial charge in [0, 0.05) is 45.4 Å². The number of hydrogen-bond donors (Lipinski definition) is 1. The van der Waals surface area contributed by atoms with Crippen molar-refractivity contribution in [1.82, 2.24) is 9.80 Å². The Morgan fingerprint density at radius 2 is 1.91 bits per heavy atom. The van der Waals surface area contributed by atoms with Gasteiger partial charge in [0.15, 0.2) is 0 Å². The molecule has 1 atom stereocenters.